The van der Waals surface area contributed by atoms with Crippen LogP contribution in [-0.2, 0) is 4.74 Å². The topological polar surface area (TPSA) is 37.4 Å². The van der Waals surface area contributed by atoms with Crippen molar-refractivity contribution in [2.45, 2.75) is 19.1 Å². The van der Waals surface area contributed by atoms with E-state index in [2.05, 4.69) is 27.5 Å². The Kier molecular flexibility index (Phi) is 4.29. The second kappa shape index (κ2) is 5.72. The van der Waals surface area contributed by atoms with Gasteiger partial charge in [0.2, 0.25) is 0 Å². The molecule has 0 bridgehead atoms. The first-order chi connectivity index (χ1) is 7.86. The highest BCUT2D eigenvalue weighted by Crippen LogP contribution is 2.28. The molecule has 2 atom stereocenters. The van der Waals surface area contributed by atoms with Gasteiger partial charge in [0.1, 0.15) is 0 Å². The minimum Gasteiger partial charge on any atom is -0.374 e. The maximum atomic E-state index is 5.85. The van der Waals surface area contributed by atoms with Crippen LogP contribution in [0.5, 0.6) is 0 Å². The van der Waals surface area contributed by atoms with Crippen LogP contribution in [0.25, 0.3) is 0 Å². The maximum absolute atomic E-state index is 5.85. The van der Waals surface area contributed by atoms with Crippen LogP contribution in [0.2, 0.25) is 0 Å². The number of hydrogen-bond acceptors (Lipinski definition) is 5. The van der Waals surface area contributed by atoms with Gasteiger partial charge in [-0.2, -0.15) is 0 Å². The molecule has 4 nitrogen and oxygen atoms in total. The average molecular weight is 241 g/mol. The largest absolute Gasteiger partial charge is 0.374 e. The van der Waals surface area contributed by atoms with Gasteiger partial charge in [-0.05, 0) is 13.6 Å². The number of nitrogens with zero attached hydrogens (tertiary/aromatic N) is 2. The summed E-state index contributed by atoms with van der Waals surface area (Å²) < 4.78 is 5.85. The highest BCUT2D eigenvalue weighted by atomic mass is 32.1. The van der Waals surface area contributed by atoms with Gasteiger partial charge in [0.15, 0.2) is 0 Å². The summed E-state index contributed by atoms with van der Waals surface area (Å²) in [6.07, 6.45) is 0.209. The normalized spacial score (nSPS) is 27.1. The summed E-state index contributed by atoms with van der Waals surface area (Å²) in [6.45, 7) is 5.94. The zero-order valence-electron chi connectivity index (χ0n) is 9.85. The Labute approximate surface area is 101 Å². The molecule has 16 heavy (non-hydrogen) atoms. The Balaban J connectivity index is 2.17. The summed E-state index contributed by atoms with van der Waals surface area (Å²) >= 11 is 1.65. The maximum Gasteiger partial charge on any atom is 0.0912 e. The van der Waals surface area contributed by atoms with Gasteiger partial charge >= 0.3 is 0 Å². The Hall–Kier alpha value is -0.490. The molecule has 0 saturated carbocycles. The number of morpholine rings is 1. The number of nitrogens with one attached hydrogen (secondary N) is 1. The molecule has 0 aromatic carbocycles. The van der Waals surface area contributed by atoms with Crippen LogP contribution in [0.1, 0.15) is 18.7 Å². The van der Waals surface area contributed by atoms with Gasteiger partial charge in [-0.25, -0.2) is 4.98 Å². The van der Waals surface area contributed by atoms with Crippen molar-refractivity contribution in [3.63, 3.8) is 0 Å². The third-order valence-electron chi connectivity index (χ3n) is 3.02. The number of ether oxygens (including phenoxy) is 1. The van der Waals surface area contributed by atoms with Crippen LogP contribution < -0.4 is 5.32 Å². The third kappa shape index (κ3) is 2.43. The molecule has 2 unspecified atom stereocenters. The summed E-state index contributed by atoms with van der Waals surface area (Å²) in [7, 11) is 1.96. The molecule has 0 radical (unpaired) electrons. The number of aromatic nitrogens is 1. The molecule has 1 aromatic rings. The minimum atomic E-state index is 0.209. The zero-order valence-corrected chi connectivity index (χ0v) is 10.7. The fourth-order valence-corrected chi connectivity index (χ4v) is 2.84. The first kappa shape index (κ1) is 12.0. The van der Waals surface area contributed by atoms with E-state index in [1.165, 1.54) is 0 Å². The molecule has 0 amide bonds. The van der Waals surface area contributed by atoms with E-state index in [9.17, 15) is 0 Å². The van der Waals surface area contributed by atoms with Gasteiger partial charge in [0.25, 0.3) is 0 Å². The Morgan fingerprint density at radius 3 is 3.19 bits per heavy atom. The molecule has 1 aliphatic rings. The Bertz CT molecular complexity index is 302. The number of hydrogen-bond donors (Lipinski definition) is 1. The first-order valence-electron chi connectivity index (χ1n) is 5.75. The second-order valence-corrected chi connectivity index (χ2v) is 4.67. The quantitative estimate of drug-likeness (QED) is 0.857. The second-order valence-electron chi connectivity index (χ2n) is 3.95. The SMILES string of the molecule is CCN1CCOC(CNC)C1c1cscn1. The van der Waals surface area contributed by atoms with Gasteiger partial charge in [0.05, 0.1) is 30.0 Å². The fourth-order valence-electron chi connectivity index (χ4n) is 2.26. The van der Waals surface area contributed by atoms with Crippen molar-refractivity contribution < 1.29 is 4.74 Å². The lowest BCUT2D eigenvalue weighted by molar-refractivity contribution is -0.0698. The van der Waals surface area contributed by atoms with Crippen LogP contribution in [0.4, 0.5) is 0 Å². The highest BCUT2D eigenvalue weighted by Gasteiger charge is 2.33. The van der Waals surface area contributed by atoms with Gasteiger partial charge in [0, 0.05) is 18.5 Å². The lowest BCUT2D eigenvalue weighted by Crippen LogP contribution is -2.48. The number of thiazole rings is 1. The monoisotopic (exact) mass is 241 g/mol. The van der Waals surface area contributed by atoms with E-state index in [0.29, 0.717) is 6.04 Å². The molecule has 0 aliphatic carbocycles. The molecule has 1 aliphatic heterocycles. The minimum absolute atomic E-state index is 0.209. The summed E-state index contributed by atoms with van der Waals surface area (Å²) in [5.41, 5.74) is 3.04. The number of rotatable bonds is 4. The van der Waals surface area contributed by atoms with E-state index >= 15 is 0 Å². The smallest absolute Gasteiger partial charge is 0.0912 e. The van der Waals surface area contributed by atoms with Crippen LogP contribution >= 0.6 is 11.3 Å². The van der Waals surface area contributed by atoms with Crippen molar-refractivity contribution in [3.05, 3.63) is 16.6 Å². The van der Waals surface area contributed by atoms with Gasteiger partial charge < -0.3 is 10.1 Å². The van der Waals surface area contributed by atoms with Crippen molar-refractivity contribution >= 4 is 11.3 Å². The van der Waals surface area contributed by atoms with E-state index in [4.69, 9.17) is 4.74 Å². The molecule has 1 saturated heterocycles. The predicted octanol–water partition coefficient (Wildman–Crippen LogP) is 1.12. The van der Waals surface area contributed by atoms with Crippen molar-refractivity contribution in [2.75, 3.05) is 33.3 Å². The molecule has 1 aromatic heterocycles. The Morgan fingerprint density at radius 1 is 1.69 bits per heavy atom. The van der Waals surface area contributed by atoms with E-state index in [1.54, 1.807) is 11.3 Å². The summed E-state index contributed by atoms with van der Waals surface area (Å²) in [5.74, 6) is 0. The van der Waals surface area contributed by atoms with Crippen LogP contribution in [0, 0.1) is 0 Å². The molecule has 1 N–H and O–H groups in total. The number of likely N-dealkylation sites (N-methyl/N-ethyl adjacent to an activating group) is 2. The van der Waals surface area contributed by atoms with Crippen LogP contribution in [0.15, 0.2) is 10.9 Å². The van der Waals surface area contributed by atoms with E-state index in [0.717, 1.165) is 31.9 Å². The molecule has 5 heteroatoms. The Morgan fingerprint density at radius 2 is 2.56 bits per heavy atom. The van der Waals surface area contributed by atoms with Crippen molar-refractivity contribution in [2.24, 2.45) is 0 Å². The first-order valence-corrected chi connectivity index (χ1v) is 6.69. The van der Waals surface area contributed by atoms with Crippen LogP contribution in [0.3, 0.4) is 0 Å². The lowest BCUT2D eigenvalue weighted by atomic mass is 10.0. The summed E-state index contributed by atoms with van der Waals surface area (Å²) in [5, 5.41) is 5.33. The van der Waals surface area contributed by atoms with E-state index < -0.39 is 0 Å². The molecule has 0 spiro atoms. The lowest BCUT2D eigenvalue weighted by Gasteiger charge is -2.39. The van der Waals surface area contributed by atoms with Gasteiger partial charge in [-0.15, -0.1) is 11.3 Å². The van der Waals surface area contributed by atoms with Gasteiger partial charge in [-0.3, -0.25) is 4.90 Å². The highest BCUT2D eigenvalue weighted by molar-refractivity contribution is 7.07. The van der Waals surface area contributed by atoms with Crippen molar-refractivity contribution in [1.82, 2.24) is 15.2 Å². The van der Waals surface area contributed by atoms with E-state index in [-0.39, 0.29) is 6.10 Å². The molecule has 2 rings (SSSR count). The molecular weight excluding hydrogens is 222 g/mol. The molecule has 90 valence electrons. The average Bonchev–Trinajstić information content (AvgIpc) is 2.82. The van der Waals surface area contributed by atoms with Crippen molar-refractivity contribution in [1.29, 1.82) is 0 Å². The summed E-state index contributed by atoms with van der Waals surface area (Å²) in [4.78, 5) is 6.88. The van der Waals surface area contributed by atoms with E-state index in [1.807, 2.05) is 12.6 Å². The standard InChI is InChI=1S/C11H19N3OS/c1-3-14-4-5-15-10(6-12-2)11(14)9-7-16-8-13-9/h7-8,10-12H,3-6H2,1-2H3. The zero-order chi connectivity index (χ0) is 11.4. The molecule has 2 heterocycles. The third-order valence-corrected chi connectivity index (χ3v) is 3.63. The predicted molar refractivity (Wildman–Crippen MR) is 65.8 cm³/mol. The van der Waals surface area contributed by atoms with Crippen molar-refractivity contribution in [3.8, 4) is 0 Å². The van der Waals surface area contributed by atoms with Crippen LogP contribution in [-0.4, -0.2) is 49.3 Å². The fraction of sp³-hybridized carbons (Fsp3) is 0.727. The summed E-state index contributed by atoms with van der Waals surface area (Å²) in [6, 6.07) is 0.303. The molecule has 1 fully saturated rings. The van der Waals surface area contributed by atoms with Gasteiger partial charge in [-0.1, -0.05) is 6.92 Å². The molecular formula is C11H19N3OS.